The van der Waals surface area contributed by atoms with Gasteiger partial charge >= 0.3 is 0 Å². The molecule has 0 saturated carbocycles. The lowest BCUT2D eigenvalue weighted by atomic mass is 10.1. The van der Waals surface area contributed by atoms with E-state index in [1.165, 1.54) is 12.2 Å². The van der Waals surface area contributed by atoms with Crippen LogP contribution in [0.4, 0.5) is 0 Å². The fourth-order valence-corrected chi connectivity index (χ4v) is 1.73. The monoisotopic (exact) mass is 211 g/mol. The van der Waals surface area contributed by atoms with Gasteiger partial charge in [-0.05, 0) is 24.3 Å². The third-order valence-corrected chi connectivity index (χ3v) is 2.50. The Morgan fingerprint density at radius 3 is 3.06 bits per heavy atom. The van der Waals surface area contributed by atoms with Crippen LogP contribution in [0.25, 0.3) is 0 Å². The second-order valence-corrected chi connectivity index (χ2v) is 3.64. The van der Waals surface area contributed by atoms with Gasteiger partial charge in [0.05, 0.1) is 5.70 Å². The quantitative estimate of drug-likeness (QED) is 0.573. The highest BCUT2D eigenvalue weighted by atomic mass is 16.5. The van der Waals surface area contributed by atoms with Crippen LogP contribution in [0.15, 0.2) is 65.1 Å². The summed E-state index contributed by atoms with van der Waals surface area (Å²) in [6, 6.07) is 0. The Hall–Kier alpha value is -2.16. The van der Waals surface area contributed by atoms with Crippen LogP contribution >= 0.6 is 0 Å². The molecule has 0 aromatic heterocycles. The Bertz CT molecular complexity index is 530. The summed E-state index contributed by atoms with van der Waals surface area (Å²) in [5.74, 6) is 0.498. The summed E-state index contributed by atoms with van der Waals surface area (Å²) in [5.41, 5.74) is 1.57. The van der Waals surface area contributed by atoms with E-state index in [2.05, 4.69) is 4.99 Å². The number of aliphatic imine (C=N–C) groups is 1. The predicted octanol–water partition coefficient (Wildman–Crippen LogP) is 1.86. The maximum atomic E-state index is 11.2. The molecule has 0 fully saturated rings. The molecule has 0 amide bonds. The van der Waals surface area contributed by atoms with Crippen LogP contribution in [0.1, 0.15) is 0 Å². The van der Waals surface area contributed by atoms with E-state index in [9.17, 15) is 4.79 Å². The average Bonchev–Trinajstić information content (AvgIpc) is 2.50. The number of carbonyl (C=O) groups is 1. The molecule has 1 aliphatic heterocycles. The van der Waals surface area contributed by atoms with Gasteiger partial charge in [-0.25, -0.2) is 4.99 Å². The molecule has 3 heteroatoms. The van der Waals surface area contributed by atoms with Gasteiger partial charge in [0.1, 0.15) is 11.5 Å². The molecule has 0 aromatic rings. The van der Waals surface area contributed by atoms with E-state index in [1.54, 1.807) is 6.08 Å². The maximum Gasteiger partial charge on any atom is 0.182 e. The zero-order chi connectivity index (χ0) is 11.0. The summed E-state index contributed by atoms with van der Waals surface area (Å²) in [6.45, 7) is 0. The van der Waals surface area contributed by atoms with Crippen LogP contribution in [0.2, 0.25) is 0 Å². The number of allylic oxidation sites excluding steroid dienone is 7. The van der Waals surface area contributed by atoms with E-state index >= 15 is 0 Å². The standard InChI is InChI=1S/C13H9NO2/c15-9-6-7-11-13(8-9)16-12-5-3-1-2-4-10(12)14-11/h1-8,12H. The van der Waals surface area contributed by atoms with Crippen LogP contribution in [0.3, 0.4) is 0 Å². The van der Waals surface area contributed by atoms with Gasteiger partial charge in [-0.1, -0.05) is 18.2 Å². The first-order chi connectivity index (χ1) is 7.83. The SMILES string of the molecule is O=C1C=CC2=NC3=CC=CC=CC3OC2=C1. The smallest absolute Gasteiger partial charge is 0.182 e. The van der Waals surface area contributed by atoms with Crippen molar-refractivity contribution in [3.8, 4) is 0 Å². The van der Waals surface area contributed by atoms with Crippen LogP contribution in [-0.2, 0) is 9.53 Å². The molecule has 1 unspecified atom stereocenters. The Labute approximate surface area is 92.8 Å². The van der Waals surface area contributed by atoms with Crippen molar-refractivity contribution in [1.29, 1.82) is 0 Å². The van der Waals surface area contributed by atoms with E-state index < -0.39 is 0 Å². The first-order valence-electron chi connectivity index (χ1n) is 5.07. The van der Waals surface area contributed by atoms with Crippen molar-refractivity contribution in [1.82, 2.24) is 0 Å². The molecule has 1 heterocycles. The van der Waals surface area contributed by atoms with Crippen LogP contribution in [-0.4, -0.2) is 17.6 Å². The normalized spacial score (nSPS) is 25.9. The largest absolute Gasteiger partial charge is 0.478 e. The highest BCUT2D eigenvalue weighted by molar-refractivity contribution is 6.19. The molecule has 78 valence electrons. The number of nitrogens with zero attached hydrogens (tertiary/aromatic N) is 1. The summed E-state index contributed by atoms with van der Waals surface area (Å²) in [5, 5.41) is 0. The summed E-state index contributed by atoms with van der Waals surface area (Å²) in [7, 11) is 0. The lowest BCUT2D eigenvalue weighted by Gasteiger charge is -2.24. The lowest BCUT2D eigenvalue weighted by Crippen LogP contribution is -2.24. The molecule has 2 aliphatic carbocycles. The van der Waals surface area contributed by atoms with Gasteiger partial charge in [0.25, 0.3) is 0 Å². The maximum absolute atomic E-state index is 11.2. The molecule has 0 N–H and O–H groups in total. The van der Waals surface area contributed by atoms with Gasteiger partial charge in [-0.15, -0.1) is 0 Å². The van der Waals surface area contributed by atoms with Crippen LogP contribution in [0.5, 0.6) is 0 Å². The first-order valence-corrected chi connectivity index (χ1v) is 5.07. The minimum atomic E-state index is -0.190. The first kappa shape index (κ1) is 9.09. The number of ether oxygens (including phenoxy) is 1. The average molecular weight is 211 g/mol. The molecule has 0 spiro atoms. The Kier molecular flexibility index (Phi) is 1.96. The van der Waals surface area contributed by atoms with Crippen LogP contribution in [0, 0.1) is 0 Å². The van der Waals surface area contributed by atoms with E-state index in [0.717, 1.165) is 5.70 Å². The number of hydrogen-bond acceptors (Lipinski definition) is 3. The molecule has 1 atom stereocenters. The molecule has 0 saturated heterocycles. The molecule has 0 aromatic carbocycles. The van der Waals surface area contributed by atoms with Crippen molar-refractivity contribution >= 4 is 11.5 Å². The lowest BCUT2D eigenvalue weighted by molar-refractivity contribution is -0.110. The molecule has 16 heavy (non-hydrogen) atoms. The summed E-state index contributed by atoms with van der Waals surface area (Å²) >= 11 is 0. The van der Waals surface area contributed by atoms with Gasteiger partial charge in [0.2, 0.25) is 0 Å². The molecule has 0 bridgehead atoms. The molecule has 0 radical (unpaired) electrons. The van der Waals surface area contributed by atoms with E-state index in [-0.39, 0.29) is 11.9 Å². The second kappa shape index (κ2) is 3.45. The minimum absolute atomic E-state index is 0.0582. The van der Waals surface area contributed by atoms with Gasteiger partial charge in [0.15, 0.2) is 11.9 Å². The summed E-state index contributed by atoms with van der Waals surface area (Å²) in [6.07, 6.45) is 14.1. The number of hydrogen-bond donors (Lipinski definition) is 0. The Balaban J connectivity index is 2.07. The highest BCUT2D eigenvalue weighted by Gasteiger charge is 2.25. The van der Waals surface area contributed by atoms with Crippen LogP contribution < -0.4 is 0 Å². The van der Waals surface area contributed by atoms with Crippen molar-refractivity contribution in [3.05, 3.63) is 60.1 Å². The minimum Gasteiger partial charge on any atom is -0.478 e. The Morgan fingerprint density at radius 2 is 2.12 bits per heavy atom. The van der Waals surface area contributed by atoms with Gasteiger partial charge in [0, 0.05) is 6.08 Å². The fourth-order valence-electron chi connectivity index (χ4n) is 1.73. The number of rotatable bonds is 0. The third-order valence-electron chi connectivity index (χ3n) is 2.50. The molecule has 3 rings (SSSR count). The fraction of sp³-hybridized carbons (Fsp3) is 0.0769. The second-order valence-electron chi connectivity index (χ2n) is 3.64. The van der Waals surface area contributed by atoms with Crippen molar-refractivity contribution in [2.75, 3.05) is 0 Å². The number of ketones is 1. The predicted molar refractivity (Wildman–Crippen MR) is 60.9 cm³/mol. The molecule has 3 nitrogen and oxygen atoms in total. The molecular weight excluding hydrogens is 202 g/mol. The summed E-state index contributed by atoms with van der Waals surface area (Å²) < 4.78 is 5.71. The van der Waals surface area contributed by atoms with E-state index in [1.807, 2.05) is 30.4 Å². The van der Waals surface area contributed by atoms with Crippen molar-refractivity contribution < 1.29 is 9.53 Å². The third kappa shape index (κ3) is 1.46. The zero-order valence-corrected chi connectivity index (χ0v) is 8.46. The topological polar surface area (TPSA) is 38.7 Å². The zero-order valence-electron chi connectivity index (χ0n) is 8.46. The highest BCUT2D eigenvalue weighted by Crippen LogP contribution is 2.25. The summed E-state index contributed by atoms with van der Waals surface area (Å²) in [4.78, 5) is 15.7. The van der Waals surface area contributed by atoms with Crippen molar-refractivity contribution in [3.63, 3.8) is 0 Å². The van der Waals surface area contributed by atoms with E-state index in [4.69, 9.17) is 4.74 Å². The molecular formula is C13H9NO2. The number of fused-ring (bicyclic) bond motifs is 2. The van der Waals surface area contributed by atoms with Crippen molar-refractivity contribution in [2.45, 2.75) is 6.10 Å². The van der Waals surface area contributed by atoms with Gasteiger partial charge in [-0.3, -0.25) is 4.79 Å². The van der Waals surface area contributed by atoms with Gasteiger partial charge < -0.3 is 4.74 Å². The van der Waals surface area contributed by atoms with E-state index in [0.29, 0.717) is 11.5 Å². The Morgan fingerprint density at radius 1 is 1.19 bits per heavy atom. The number of carbonyl (C=O) groups excluding carboxylic acids is 1. The van der Waals surface area contributed by atoms with Crippen molar-refractivity contribution in [2.24, 2.45) is 4.99 Å². The molecule has 3 aliphatic rings. The van der Waals surface area contributed by atoms with Gasteiger partial charge in [-0.2, -0.15) is 0 Å².